The fourth-order valence-electron chi connectivity index (χ4n) is 0. The predicted molar refractivity (Wildman–Crippen MR) is 15.2 cm³/mol. The predicted octanol–water partition coefficient (Wildman–Crippen LogP) is -3.27. The summed E-state index contributed by atoms with van der Waals surface area (Å²) in [6.45, 7) is 0. The molecule has 50 valence electrons. The molecule has 0 saturated heterocycles. The Balaban J connectivity index is 0. The normalized spacial score (nSPS) is 12.4. The van der Waals surface area contributed by atoms with Crippen LogP contribution in [0.5, 0.6) is 0 Å². The van der Waals surface area contributed by atoms with Gasteiger partial charge in [0, 0.05) is 0 Å². The molecule has 0 aliphatic carbocycles. The van der Waals surface area contributed by atoms with Crippen molar-refractivity contribution in [3.05, 3.63) is 0 Å². The molecule has 0 aromatic heterocycles. The van der Waals surface area contributed by atoms with Gasteiger partial charge in [0.25, 0.3) is 0 Å². The zero-order valence-corrected chi connectivity index (χ0v) is 8.77. The van der Waals surface area contributed by atoms with E-state index in [2.05, 4.69) is 0 Å². The number of hydrogen-bond donors (Lipinski definition) is 0. The largest absolute Gasteiger partial charge is 4.00 e. The van der Waals surface area contributed by atoms with E-state index in [1.807, 2.05) is 0 Å². The van der Waals surface area contributed by atoms with Gasteiger partial charge in [-0.2, -0.15) is 0 Å². The molecule has 0 radical (unpaired) electrons. The molecule has 0 bridgehead atoms. The van der Waals surface area contributed by atoms with Crippen molar-refractivity contribution in [2.45, 2.75) is 0 Å². The maximum Gasteiger partial charge on any atom is 4.00 e. The van der Waals surface area contributed by atoms with Gasteiger partial charge in [-0.25, -0.2) is 0 Å². The first-order valence-electron chi connectivity index (χ1n) is 1.30. The Morgan fingerprint density at radius 2 is 0.889 bits per heavy atom. The van der Waals surface area contributed by atoms with E-state index in [9.17, 15) is 28.7 Å². The first-order valence-corrected chi connectivity index (χ1v) is 5.09. The molecule has 0 unspecified atom stereocenters. The smallest absolute Gasteiger partial charge is 0.807 e. The van der Waals surface area contributed by atoms with Crippen LogP contribution in [0.25, 0.3) is 0 Å². The quantitative estimate of drug-likeness (QED) is 0.467. The van der Waals surface area contributed by atoms with Gasteiger partial charge >= 0.3 is 41.7 Å². The van der Waals surface area contributed by atoms with E-state index in [1.54, 1.807) is 0 Å². The second-order valence-corrected chi connectivity index (χ2v) is 5.75. The Labute approximate surface area is 84.3 Å². The summed E-state index contributed by atoms with van der Waals surface area (Å²) in [5.41, 5.74) is 0. The summed E-state index contributed by atoms with van der Waals surface area (Å²) >= 11 is 0. The Bertz CT molecular complexity index is 140. The molecule has 0 N–H and O–H groups in total. The molecule has 0 spiro atoms. The van der Waals surface area contributed by atoms with E-state index >= 15 is 0 Å². The van der Waals surface area contributed by atoms with Crippen molar-refractivity contribution in [2.24, 2.45) is 0 Å². The van der Waals surface area contributed by atoms with Crippen molar-refractivity contribution in [1.29, 1.82) is 0 Å². The van der Waals surface area contributed by atoms with E-state index < -0.39 is 14.6 Å². The molecule has 6 nitrogen and oxygen atoms in total. The van der Waals surface area contributed by atoms with Crippen LogP contribution in [0.2, 0.25) is 0 Å². The zero-order valence-electron chi connectivity index (χ0n) is 3.84. The van der Waals surface area contributed by atoms with Crippen LogP contribution in [0.4, 0.5) is 0 Å². The van der Waals surface area contributed by atoms with Gasteiger partial charge in [-0.3, -0.25) is 0 Å². The minimum absolute atomic E-state index is 0. The average Bonchev–Trinajstić information content (AvgIpc) is 1.25. The molecule has 0 aromatic rings. The zero-order chi connectivity index (χ0) is 7.00. The Kier molecular flexibility index (Phi) is 5.75. The van der Waals surface area contributed by atoms with Crippen molar-refractivity contribution in [3.63, 3.8) is 0 Å². The Morgan fingerprint density at radius 3 is 0.889 bits per heavy atom. The topological polar surface area (TPSA) is 126 Å². The Morgan fingerprint density at radius 1 is 0.778 bits per heavy atom. The molecule has 0 saturated carbocycles. The maximum atomic E-state index is 9.24. The van der Waals surface area contributed by atoms with E-state index in [1.165, 1.54) is 0 Å². The molecule has 0 amide bonds. The molecule has 0 rings (SSSR count). The summed E-state index contributed by atoms with van der Waals surface area (Å²) < 4.78 is 18.5. The molecule has 0 aliphatic heterocycles. The molecule has 0 heterocycles. The van der Waals surface area contributed by atoms with Crippen molar-refractivity contribution < 1.29 is 70.5 Å². The van der Waals surface area contributed by atoms with Crippen LogP contribution < -0.4 is 19.6 Å². The summed E-state index contributed by atoms with van der Waals surface area (Å²) in [7, 11) is -11.8. The summed E-state index contributed by atoms with van der Waals surface area (Å²) in [6.07, 6.45) is 0. The summed E-state index contributed by atoms with van der Waals surface area (Å²) in [6, 6.07) is 0. The summed E-state index contributed by atoms with van der Waals surface area (Å²) in [4.78, 5) is 36.9. The standard InChI is InChI=1S/Ce.H4O6P2/c;1-7(2,3)8(4,5)6/h;(H2,1,2,3)(H2,4,5,6)/q+4;/p-4. The van der Waals surface area contributed by atoms with Crippen molar-refractivity contribution in [1.82, 2.24) is 0 Å². The van der Waals surface area contributed by atoms with E-state index in [0.717, 1.165) is 0 Å². The van der Waals surface area contributed by atoms with Crippen molar-refractivity contribution in [3.8, 4) is 0 Å². The van der Waals surface area contributed by atoms with Crippen LogP contribution in [-0.2, 0) is 9.13 Å². The van der Waals surface area contributed by atoms with Crippen LogP contribution in [0, 0.1) is 41.7 Å². The third-order valence-corrected chi connectivity index (χ3v) is 2.70. The van der Waals surface area contributed by atoms with Gasteiger partial charge in [-0.15, -0.1) is 0 Å². The molecular weight excluding hydrogens is 298 g/mol. The summed E-state index contributed by atoms with van der Waals surface area (Å²) in [5.74, 6) is 0. The van der Waals surface area contributed by atoms with E-state index in [-0.39, 0.29) is 41.7 Å². The average molecular weight is 298 g/mol. The monoisotopic (exact) mass is 298 g/mol. The molecule has 9 heavy (non-hydrogen) atoms. The van der Waals surface area contributed by atoms with E-state index in [0.29, 0.717) is 0 Å². The van der Waals surface area contributed by atoms with Gasteiger partial charge in [-0.05, 0) is 14.6 Å². The first-order chi connectivity index (χ1) is 3.25. The molecule has 0 fully saturated rings. The molecule has 9 heteroatoms. The van der Waals surface area contributed by atoms with Crippen molar-refractivity contribution in [2.75, 3.05) is 0 Å². The maximum absolute atomic E-state index is 9.24. The minimum atomic E-state index is -5.91. The minimum Gasteiger partial charge on any atom is -0.807 e. The van der Waals surface area contributed by atoms with Gasteiger partial charge in [0.15, 0.2) is 0 Å². The van der Waals surface area contributed by atoms with Gasteiger partial charge in [0.1, 0.15) is 0 Å². The van der Waals surface area contributed by atoms with Crippen LogP contribution in [0.1, 0.15) is 0 Å². The number of rotatable bonds is 1. The van der Waals surface area contributed by atoms with Gasteiger partial charge in [0.2, 0.25) is 0 Å². The van der Waals surface area contributed by atoms with E-state index in [4.69, 9.17) is 0 Å². The molecular formula is CeO6P2. The Hall–Kier alpha value is 1.68. The molecule has 0 aliphatic rings. The van der Waals surface area contributed by atoms with Gasteiger partial charge in [-0.1, -0.05) is 0 Å². The van der Waals surface area contributed by atoms with Crippen LogP contribution in [0.15, 0.2) is 0 Å². The first kappa shape index (κ1) is 13.3. The second kappa shape index (κ2) is 3.89. The third kappa shape index (κ3) is 5.00. The van der Waals surface area contributed by atoms with Crippen molar-refractivity contribution >= 4 is 14.6 Å². The third-order valence-electron chi connectivity index (χ3n) is 0.300. The fourth-order valence-corrected chi connectivity index (χ4v) is 0. The molecule has 0 atom stereocenters. The number of hydrogen-bond acceptors (Lipinski definition) is 6. The second-order valence-electron chi connectivity index (χ2n) is 0.937. The summed E-state index contributed by atoms with van der Waals surface area (Å²) in [5, 5.41) is 0. The van der Waals surface area contributed by atoms with Crippen LogP contribution in [0.3, 0.4) is 0 Å². The SMILES string of the molecule is O=P([O-])([O-])P(=O)([O-])[O-].[Ce+4]. The van der Waals surface area contributed by atoms with Crippen LogP contribution in [-0.4, -0.2) is 0 Å². The van der Waals surface area contributed by atoms with Gasteiger partial charge < -0.3 is 28.7 Å². The van der Waals surface area contributed by atoms with Crippen LogP contribution >= 0.6 is 14.6 Å². The molecule has 0 aromatic carbocycles. The van der Waals surface area contributed by atoms with Gasteiger partial charge in [0.05, 0.1) is 0 Å². The fraction of sp³-hybridized carbons (Fsp3) is 0.